The van der Waals surface area contributed by atoms with Crippen molar-refractivity contribution in [1.82, 2.24) is 0 Å². The minimum Gasteiger partial charge on any atom is -0.463 e. The lowest BCUT2D eigenvalue weighted by Crippen LogP contribution is -2.53. The Balaban J connectivity index is 2.81. The van der Waals surface area contributed by atoms with Gasteiger partial charge in [0.2, 0.25) is 0 Å². The second-order valence-electron chi connectivity index (χ2n) is 6.83. The second kappa shape index (κ2) is 6.32. The van der Waals surface area contributed by atoms with Gasteiger partial charge in [-0.25, -0.2) is 0 Å². The van der Waals surface area contributed by atoms with Gasteiger partial charge in [0.1, 0.15) is 17.8 Å². The minimum absolute atomic E-state index is 0.00830. The summed E-state index contributed by atoms with van der Waals surface area (Å²) in [7, 11) is 0. The summed E-state index contributed by atoms with van der Waals surface area (Å²) < 4.78 is 21.8. The van der Waals surface area contributed by atoms with Crippen LogP contribution in [-0.2, 0) is 28.5 Å². The van der Waals surface area contributed by atoms with E-state index in [-0.39, 0.29) is 19.0 Å². The molecule has 1 heterocycles. The molecule has 21 heavy (non-hydrogen) atoms. The van der Waals surface area contributed by atoms with Gasteiger partial charge in [-0.15, -0.1) is 0 Å². The zero-order chi connectivity index (χ0) is 16.3. The minimum atomic E-state index is -0.907. The molecule has 0 bridgehead atoms. The molecule has 0 aromatic carbocycles. The van der Waals surface area contributed by atoms with E-state index in [1.807, 2.05) is 0 Å². The Morgan fingerprint density at radius 3 is 2.33 bits per heavy atom. The molecule has 1 atom stereocenters. The average Bonchev–Trinajstić information content (AvgIpc) is 2.22. The molecule has 1 saturated heterocycles. The van der Waals surface area contributed by atoms with Crippen LogP contribution in [0.3, 0.4) is 0 Å². The van der Waals surface area contributed by atoms with Crippen LogP contribution >= 0.6 is 0 Å². The second-order valence-corrected chi connectivity index (χ2v) is 6.83. The first-order valence-corrected chi connectivity index (χ1v) is 7.12. The summed E-state index contributed by atoms with van der Waals surface area (Å²) in [6, 6.07) is 0. The topological polar surface area (TPSA) is 71.1 Å². The van der Waals surface area contributed by atoms with Crippen molar-refractivity contribution in [1.29, 1.82) is 0 Å². The van der Waals surface area contributed by atoms with E-state index < -0.39 is 23.0 Å². The number of carbonyl (C=O) groups is 2. The van der Waals surface area contributed by atoms with Crippen LogP contribution in [0.5, 0.6) is 0 Å². The predicted octanol–water partition coefficient (Wildman–Crippen LogP) is 2.19. The van der Waals surface area contributed by atoms with Gasteiger partial charge in [-0.05, 0) is 34.6 Å². The number of hydrogen-bond acceptors (Lipinski definition) is 6. The highest BCUT2D eigenvalue weighted by Crippen LogP contribution is 2.34. The lowest BCUT2D eigenvalue weighted by atomic mass is 9.94. The van der Waals surface area contributed by atoms with Gasteiger partial charge in [0.25, 0.3) is 0 Å². The summed E-state index contributed by atoms with van der Waals surface area (Å²) in [6.07, 6.45) is 0.479. The van der Waals surface area contributed by atoms with Crippen molar-refractivity contribution in [2.24, 2.45) is 0 Å². The largest absolute Gasteiger partial charge is 0.463 e. The van der Waals surface area contributed by atoms with E-state index in [1.165, 1.54) is 6.92 Å². The van der Waals surface area contributed by atoms with Crippen LogP contribution < -0.4 is 0 Å². The third kappa shape index (κ3) is 6.44. The standard InChI is InChI=1S/C15H26O6/c1-11(16)18-10-15(7-8-19-14(5,6)21-15)9-12(17)20-13(2,3)4/h7-10H2,1-6H3. The molecule has 0 aromatic rings. The van der Waals surface area contributed by atoms with Gasteiger partial charge in [0, 0.05) is 13.3 Å². The Hall–Kier alpha value is -1.14. The van der Waals surface area contributed by atoms with E-state index in [0.717, 1.165) is 0 Å². The smallest absolute Gasteiger partial charge is 0.309 e. The van der Waals surface area contributed by atoms with Gasteiger partial charge < -0.3 is 18.9 Å². The molecule has 6 heteroatoms. The van der Waals surface area contributed by atoms with Crippen LogP contribution in [0.4, 0.5) is 0 Å². The molecule has 0 aromatic heterocycles. The van der Waals surface area contributed by atoms with Gasteiger partial charge >= 0.3 is 11.9 Å². The van der Waals surface area contributed by atoms with E-state index >= 15 is 0 Å². The van der Waals surface area contributed by atoms with Crippen LogP contribution in [-0.4, -0.2) is 42.1 Å². The molecule has 0 N–H and O–H groups in total. The molecule has 1 aliphatic rings. The first-order chi connectivity index (χ1) is 9.43. The maximum atomic E-state index is 12.1. The third-order valence-electron chi connectivity index (χ3n) is 2.89. The normalized spacial score (nSPS) is 25.2. The molecule has 0 aliphatic carbocycles. The van der Waals surface area contributed by atoms with Crippen molar-refractivity contribution in [3.05, 3.63) is 0 Å². The molecule has 1 fully saturated rings. The average molecular weight is 302 g/mol. The molecule has 1 rings (SSSR count). The van der Waals surface area contributed by atoms with Crippen molar-refractivity contribution in [3.63, 3.8) is 0 Å². The number of ether oxygens (including phenoxy) is 4. The molecule has 0 saturated carbocycles. The summed E-state index contributed by atoms with van der Waals surface area (Å²) in [4.78, 5) is 23.2. The molecule has 1 unspecified atom stereocenters. The van der Waals surface area contributed by atoms with Gasteiger partial charge in [0.15, 0.2) is 5.79 Å². The summed E-state index contributed by atoms with van der Waals surface area (Å²) in [5, 5.41) is 0. The molecule has 122 valence electrons. The molecule has 0 radical (unpaired) electrons. The quantitative estimate of drug-likeness (QED) is 0.741. The van der Waals surface area contributed by atoms with Gasteiger partial charge in [-0.2, -0.15) is 0 Å². The Morgan fingerprint density at radius 2 is 1.86 bits per heavy atom. The Bertz CT molecular complexity index is 395. The molecular formula is C15H26O6. The highest BCUT2D eigenvalue weighted by Gasteiger charge is 2.45. The monoisotopic (exact) mass is 302 g/mol. The Kier molecular flexibility index (Phi) is 5.39. The van der Waals surface area contributed by atoms with E-state index in [4.69, 9.17) is 18.9 Å². The highest BCUT2D eigenvalue weighted by atomic mass is 16.7. The summed E-state index contributed by atoms with van der Waals surface area (Å²) in [5.74, 6) is -1.63. The summed E-state index contributed by atoms with van der Waals surface area (Å²) in [6.45, 7) is 10.7. The van der Waals surface area contributed by atoms with E-state index in [9.17, 15) is 9.59 Å². The fourth-order valence-electron chi connectivity index (χ4n) is 2.24. The Labute approximate surface area is 126 Å². The van der Waals surface area contributed by atoms with Gasteiger partial charge in [0.05, 0.1) is 13.0 Å². The number of hydrogen-bond donors (Lipinski definition) is 0. The van der Waals surface area contributed by atoms with Crippen LogP contribution in [0.15, 0.2) is 0 Å². The summed E-state index contributed by atoms with van der Waals surface area (Å²) in [5.41, 5.74) is -1.48. The van der Waals surface area contributed by atoms with Crippen LogP contribution in [0.1, 0.15) is 54.4 Å². The molecular weight excluding hydrogens is 276 g/mol. The number of carbonyl (C=O) groups excluding carboxylic acids is 2. The fourth-order valence-corrected chi connectivity index (χ4v) is 2.24. The summed E-state index contributed by atoms with van der Waals surface area (Å²) >= 11 is 0. The van der Waals surface area contributed by atoms with E-state index in [2.05, 4.69) is 0 Å². The van der Waals surface area contributed by atoms with E-state index in [1.54, 1.807) is 34.6 Å². The first kappa shape index (κ1) is 17.9. The van der Waals surface area contributed by atoms with Crippen LogP contribution in [0, 0.1) is 0 Å². The number of rotatable bonds is 4. The lowest BCUT2D eigenvalue weighted by molar-refractivity contribution is -0.318. The molecule has 0 amide bonds. The van der Waals surface area contributed by atoms with Crippen molar-refractivity contribution >= 4 is 11.9 Å². The van der Waals surface area contributed by atoms with Crippen molar-refractivity contribution in [2.75, 3.05) is 13.2 Å². The van der Waals surface area contributed by atoms with Gasteiger partial charge in [-0.1, -0.05) is 0 Å². The van der Waals surface area contributed by atoms with Crippen LogP contribution in [0.25, 0.3) is 0 Å². The zero-order valence-electron chi connectivity index (χ0n) is 13.8. The van der Waals surface area contributed by atoms with E-state index in [0.29, 0.717) is 13.0 Å². The maximum Gasteiger partial charge on any atom is 0.309 e. The van der Waals surface area contributed by atoms with Crippen molar-refractivity contribution < 1.29 is 28.5 Å². The Morgan fingerprint density at radius 1 is 1.24 bits per heavy atom. The van der Waals surface area contributed by atoms with Gasteiger partial charge in [-0.3, -0.25) is 9.59 Å². The predicted molar refractivity (Wildman–Crippen MR) is 75.6 cm³/mol. The van der Waals surface area contributed by atoms with Crippen molar-refractivity contribution in [3.8, 4) is 0 Å². The zero-order valence-corrected chi connectivity index (χ0v) is 13.8. The highest BCUT2D eigenvalue weighted by molar-refractivity contribution is 5.71. The number of esters is 2. The molecule has 6 nitrogen and oxygen atoms in total. The first-order valence-electron chi connectivity index (χ1n) is 7.12. The lowest BCUT2D eigenvalue weighted by Gasteiger charge is -2.44. The SMILES string of the molecule is CC(=O)OCC1(CC(=O)OC(C)(C)C)CCOC(C)(C)O1. The molecule has 0 spiro atoms. The maximum absolute atomic E-state index is 12.1. The van der Waals surface area contributed by atoms with Crippen LogP contribution in [0.2, 0.25) is 0 Å². The molecule has 1 aliphatic heterocycles. The fraction of sp³-hybridized carbons (Fsp3) is 0.867. The van der Waals surface area contributed by atoms with Crippen molar-refractivity contribution in [2.45, 2.75) is 71.4 Å². The third-order valence-corrected chi connectivity index (χ3v) is 2.89.